The fourth-order valence-corrected chi connectivity index (χ4v) is 2.59. The van der Waals surface area contributed by atoms with E-state index in [0.29, 0.717) is 29.9 Å². The highest BCUT2D eigenvalue weighted by atomic mass is 16.5. The molecule has 1 aromatic rings. The van der Waals surface area contributed by atoms with Crippen LogP contribution in [-0.2, 0) is 11.2 Å². The number of amides is 1. The van der Waals surface area contributed by atoms with Crippen LogP contribution in [0.2, 0.25) is 0 Å². The molecule has 0 bridgehead atoms. The van der Waals surface area contributed by atoms with Crippen LogP contribution in [0.15, 0.2) is 18.2 Å². The van der Waals surface area contributed by atoms with Crippen molar-refractivity contribution in [2.75, 3.05) is 21.3 Å². The second-order valence-corrected chi connectivity index (χ2v) is 5.77. The van der Waals surface area contributed by atoms with Gasteiger partial charge in [-0.25, -0.2) is 0 Å². The first-order chi connectivity index (χ1) is 10.1. The molecule has 1 aromatic carbocycles. The molecule has 0 aliphatic heterocycles. The van der Waals surface area contributed by atoms with Crippen LogP contribution in [0, 0.1) is 5.92 Å². The molecule has 0 saturated heterocycles. The molecule has 0 N–H and O–H groups in total. The molecule has 2 rings (SSSR count). The van der Waals surface area contributed by atoms with Crippen LogP contribution >= 0.6 is 0 Å². The quantitative estimate of drug-likeness (QED) is 0.775. The van der Waals surface area contributed by atoms with Crippen LogP contribution in [0.1, 0.15) is 31.7 Å². The van der Waals surface area contributed by atoms with Gasteiger partial charge < -0.3 is 14.4 Å². The van der Waals surface area contributed by atoms with Crippen molar-refractivity contribution in [3.05, 3.63) is 23.8 Å². The van der Waals surface area contributed by atoms with Crippen LogP contribution in [0.5, 0.6) is 11.5 Å². The van der Waals surface area contributed by atoms with E-state index in [4.69, 9.17) is 9.47 Å². The number of benzene rings is 1. The number of hydrogen-bond donors (Lipinski definition) is 0. The number of rotatable bonds is 7. The van der Waals surface area contributed by atoms with Crippen LogP contribution in [-0.4, -0.2) is 38.1 Å². The Kier molecular flexibility index (Phi) is 5.10. The number of carbonyl (C=O) groups excluding carboxylic acids is 1. The maximum absolute atomic E-state index is 12.2. The molecule has 1 fully saturated rings. The zero-order valence-corrected chi connectivity index (χ0v) is 13.4. The minimum Gasteiger partial charge on any atom is -0.493 e. The zero-order chi connectivity index (χ0) is 15.4. The van der Waals surface area contributed by atoms with Crippen molar-refractivity contribution in [2.24, 2.45) is 5.92 Å². The van der Waals surface area contributed by atoms with Gasteiger partial charge >= 0.3 is 0 Å². The summed E-state index contributed by atoms with van der Waals surface area (Å²) in [6.07, 6.45) is 3.77. The molecule has 0 aromatic heterocycles. The van der Waals surface area contributed by atoms with E-state index in [1.54, 1.807) is 14.2 Å². The third-order valence-electron chi connectivity index (χ3n) is 4.38. The molecule has 0 radical (unpaired) electrons. The minimum absolute atomic E-state index is 0.212. The highest BCUT2D eigenvalue weighted by Crippen LogP contribution is 2.35. The topological polar surface area (TPSA) is 38.8 Å². The average Bonchev–Trinajstić information content (AvgIpc) is 3.35. The predicted octanol–water partition coefficient (Wildman–Crippen LogP) is 2.89. The maximum Gasteiger partial charge on any atom is 0.222 e. The van der Waals surface area contributed by atoms with Crippen molar-refractivity contribution in [2.45, 2.75) is 38.6 Å². The molecule has 1 unspecified atom stereocenters. The third-order valence-corrected chi connectivity index (χ3v) is 4.38. The molecule has 0 spiro atoms. The van der Waals surface area contributed by atoms with Crippen molar-refractivity contribution in [3.8, 4) is 11.5 Å². The van der Waals surface area contributed by atoms with Gasteiger partial charge in [0.25, 0.3) is 0 Å². The van der Waals surface area contributed by atoms with E-state index in [-0.39, 0.29) is 5.91 Å². The van der Waals surface area contributed by atoms with E-state index in [9.17, 15) is 4.79 Å². The van der Waals surface area contributed by atoms with Gasteiger partial charge in [-0.15, -0.1) is 0 Å². The zero-order valence-electron chi connectivity index (χ0n) is 13.4. The Morgan fingerprint density at radius 3 is 2.52 bits per heavy atom. The van der Waals surface area contributed by atoms with E-state index in [0.717, 1.165) is 12.0 Å². The van der Waals surface area contributed by atoms with Crippen LogP contribution in [0.4, 0.5) is 0 Å². The van der Waals surface area contributed by atoms with E-state index in [1.165, 1.54) is 12.8 Å². The van der Waals surface area contributed by atoms with Gasteiger partial charge in [0, 0.05) is 19.5 Å². The Morgan fingerprint density at radius 1 is 1.29 bits per heavy atom. The summed E-state index contributed by atoms with van der Waals surface area (Å²) in [7, 11) is 5.16. The summed E-state index contributed by atoms with van der Waals surface area (Å²) in [6, 6.07) is 6.17. The fourth-order valence-electron chi connectivity index (χ4n) is 2.59. The Morgan fingerprint density at radius 2 is 1.95 bits per heavy atom. The summed E-state index contributed by atoms with van der Waals surface area (Å²) >= 11 is 0. The fraction of sp³-hybridized carbons (Fsp3) is 0.588. The molecule has 1 amide bonds. The Bertz CT molecular complexity index is 497. The number of nitrogens with zero attached hydrogens (tertiary/aromatic N) is 1. The Balaban J connectivity index is 1.91. The van der Waals surface area contributed by atoms with E-state index in [2.05, 4.69) is 6.92 Å². The van der Waals surface area contributed by atoms with Gasteiger partial charge in [0.15, 0.2) is 11.5 Å². The summed E-state index contributed by atoms with van der Waals surface area (Å²) in [4.78, 5) is 14.1. The summed E-state index contributed by atoms with van der Waals surface area (Å²) in [5.41, 5.74) is 1.09. The molecular formula is C17H25NO3. The molecule has 0 heterocycles. The molecular weight excluding hydrogens is 266 g/mol. The second-order valence-electron chi connectivity index (χ2n) is 5.77. The lowest BCUT2D eigenvalue weighted by molar-refractivity contribution is -0.132. The first kappa shape index (κ1) is 15.7. The molecule has 1 saturated carbocycles. The molecule has 116 valence electrons. The Labute approximate surface area is 127 Å². The van der Waals surface area contributed by atoms with Gasteiger partial charge in [-0.1, -0.05) is 6.07 Å². The van der Waals surface area contributed by atoms with Crippen LogP contribution in [0.3, 0.4) is 0 Å². The van der Waals surface area contributed by atoms with Crippen molar-refractivity contribution in [1.82, 2.24) is 4.90 Å². The minimum atomic E-state index is 0.212. The molecule has 1 aliphatic carbocycles. The highest BCUT2D eigenvalue weighted by molar-refractivity contribution is 5.76. The first-order valence-corrected chi connectivity index (χ1v) is 7.53. The van der Waals surface area contributed by atoms with Gasteiger partial charge in [0.05, 0.1) is 14.2 Å². The predicted molar refractivity (Wildman–Crippen MR) is 82.8 cm³/mol. The normalized spacial score (nSPS) is 15.4. The highest BCUT2D eigenvalue weighted by Gasteiger charge is 2.32. The van der Waals surface area contributed by atoms with E-state index < -0.39 is 0 Å². The van der Waals surface area contributed by atoms with Crippen molar-refractivity contribution < 1.29 is 14.3 Å². The van der Waals surface area contributed by atoms with Gasteiger partial charge in [0.2, 0.25) is 5.91 Å². The number of carbonyl (C=O) groups is 1. The van der Waals surface area contributed by atoms with Crippen molar-refractivity contribution >= 4 is 5.91 Å². The monoisotopic (exact) mass is 291 g/mol. The van der Waals surface area contributed by atoms with Crippen molar-refractivity contribution in [3.63, 3.8) is 0 Å². The van der Waals surface area contributed by atoms with Gasteiger partial charge in [-0.2, -0.15) is 0 Å². The number of ether oxygens (including phenoxy) is 2. The van der Waals surface area contributed by atoms with Crippen molar-refractivity contribution in [1.29, 1.82) is 0 Å². The lowest BCUT2D eigenvalue weighted by Gasteiger charge is -2.25. The molecule has 1 atom stereocenters. The first-order valence-electron chi connectivity index (χ1n) is 7.53. The summed E-state index contributed by atoms with van der Waals surface area (Å²) in [5, 5.41) is 0. The molecule has 21 heavy (non-hydrogen) atoms. The number of methoxy groups -OCH3 is 2. The average molecular weight is 291 g/mol. The SMILES string of the molecule is COc1ccc(CCC(=O)N(C)C(C)C2CC2)cc1OC. The number of aryl methyl sites for hydroxylation is 1. The largest absolute Gasteiger partial charge is 0.493 e. The molecule has 4 heteroatoms. The molecule has 1 aliphatic rings. The van der Waals surface area contributed by atoms with Crippen LogP contribution in [0.25, 0.3) is 0 Å². The lowest BCUT2D eigenvalue weighted by atomic mass is 10.1. The molecule has 4 nitrogen and oxygen atoms in total. The second kappa shape index (κ2) is 6.83. The van der Waals surface area contributed by atoms with E-state index >= 15 is 0 Å². The van der Waals surface area contributed by atoms with E-state index in [1.807, 2.05) is 30.1 Å². The standard InChI is InChI=1S/C17H25NO3/c1-12(14-7-8-14)18(2)17(19)10-6-13-5-9-15(20-3)16(11-13)21-4/h5,9,11-12,14H,6-8,10H2,1-4H3. The number of hydrogen-bond acceptors (Lipinski definition) is 3. The summed E-state index contributed by atoms with van der Waals surface area (Å²) in [5.74, 6) is 2.35. The van der Waals surface area contributed by atoms with Gasteiger partial charge in [-0.05, 0) is 49.8 Å². The maximum atomic E-state index is 12.2. The summed E-state index contributed by atoms with van der Waals surface area (Å²) in [6.45, 7) is 2.14. The van der Waals surface area contributed by atoms with Gasteiger partial charge in [-0.3, -0.25) is 4.79 Å². The van der Waals surface area contributed by atoms with Crippen LogP contribution < -0.4 is 9.47 Å². The lowest BCUT2D eigenvalue weighted by Crippen LogP contribution is -2.36. The third kappa shape index (κ3) is 3.90. The van der Waals surface area contributed by atoms with Gasteiger partial charge in [0.1, 0.15) is 0 Å². The Hall–Kier alpha value is -1.71. The summed E-state index contributed by atoms with van der Waals surface area (Å²) < 4.78 is 10.5. The smallest absolute Gasteiger partial charge is 0.222 e.